The van der Waals surface area contributed by atoms with Gasteiger partial charge in [0.2, 0.25) is 5.91 Å². The van der Waals surface area contributed by atoms with E-state index < -0.39 is 5.97 Å². The number of carbonyl (C=O) groups is 2. The highest BCUT2D eigenvalue weighted by atomic mass is 35.5. The quantitative estimate of drug-likeness (QED) is 0.285. The van der Waals surface area contributed by atoms with E-state index in [-0.39, 0.29) is 5.91 Å². The molecule has 1 saturated heterocycles. The van der Waals surface area contributed by atoms with Gasteiger partial charge in [-0.1, -0.05) is 53.5 Å². The number of aromatic carboxylic acids is 1. The van der Waals surface area contributed by atoms with E-state index in [1.165, 1.54) is 0 Å². The van der Waals surface area contributed by atoms with Crippen molar-refractivity contribution in [1.82, 2.24) is 9.80 Å². The number of fused-ring (bicyclic) bond motifs is 1. The number of nitrogens with zero attached hydrogens (tertiary/aromatic N) is 2. The molecule has 1 fully saturated rings. The predicted octanol–water partition coefficient (Wildman–Crippen LogP) is 6.73. The number of likely N-dealkylation sites (N-methyl/N-ethyl adjacent to an activating group) is 1. The summed E-state index contributed by atoms with van der Waals surface area (Å²) in [6.45, 7) is 2.57. The molecule has 0 saturated carbocycles. The van der Waals surface area contributed by atoms with Crippen LogP contribution in [-0.2, 0) is 11.2 Å². The molecule has 1 aliphatic carbocycles. The van der Waals surface area contributed by atoms with Crippen LogP contribution >= 0.6 is 23.2 Å². The van der Waals surface area contributed by atoms with E-state index >= 15 is 0 Å². The Bertz CT molecular complexity index is 1520. The molecule has 6 nitrogen and oxygen atoms in total. The molecule has 41 heavy (non-hydrogen) atoms. The molecule has 3 aromatic carbocycles. The maximum Gasteiger partial charge on any atom is 0.335 e. The van der Waals surface area contributed by atoms with Gasteiger partial charge in [0.15, 0.2) is 0 Å². The first kappa shape index (κ1) is 28.9. The Hall–Kier alpha value is -3.58. The molecule has 0 radical (unpaired) electrons. The lowest BCUT2D eigenvalue weighted by molar-refractivity contribution is -0.123. The second kappa shape index (κ2) is 12.5. The third-order valence-corrected chi connectivity index (χ3v) is 8.17. The van der Waals surface area contributed by atoms with Crippen LogP contribution in [0.5, 0.6) is 0 Å². The molecule has 1 amide bonds. The van der Waals surface area contributed by atoms with Crippen LogP contribution in [0.3, 0.4) is 0 Å². The van der Waals surface area contributed by atoms with Crippen LogP contribution < -0.4 is 5.32 Å². The summed E-state index contributed by atoms with van der Waals surface area (Å²) < 4.78 is 0. The molecule has 0 unspecified atom stereocenters. The average molecular weight is 591 g/mol. The Kier molecular flexibility index (Phi) is 8.83. The summed E-state index contributed by atoms with van der Waals surface area (Å²) in [6.07, 6.45) is 6.00. The molecule has 2 N–H and O–H groups in total. The van der Waals surface area contributed by atoms with Crippen molar-refractivity contribution in [2.24, 2.45) is 0 Å². The number of allylic oxidation sites excluding steroid dienone is 1. The number of aryl methyl sites for hydroxylation is 1. The molecule has 0 spiro atoms. The predicted molar refractivity (Wildman–Crippen MR) is 167 cm³/mol. The number of rotatable bonds is 8. The SMILES string of the molecule is CN(C)C(=O)/C=C/CN1CC(Nc2ccc(C3=C(c4ccc(Cl)cc4Cl)CCCc4cc(C(=O)O)ccc43)cc2)C1. The summed E-state index contributed by atoms with van der Waals surface area (Å²) in [7, 11) is 3.49. The van der Waals surface area contributed by atoms with Gasteiger partial charge >= 0.3 is 5.97 Å². The monoisotopic (exact) mass is 589 g/mol. The largest absolute Gasteiger partial charge is 0.478 e. The van der Waals surface area contributed by atoms with E-state index in [2.05, 4.69) is 34.5 Å². The van der Waals surface area contributed by atoms with E-state index in [0.29, 0.717) is 21.7 Å². The standard InChI is InChI=1S/C33H33Cl2N3O3/c1-37(2)31(39)7-4-16-38-19-26(20-38)36-25-12-8-21(9-13-25)32-27-14-10-23(33(40)41)17-22(27)5-3-6-29(32)28-15-11-24(34)18-30(28)35/h4,7-15,17-18,26,36H,3,5-6,16,19-20H2,1-2H3,(H,40,41)/b7-4+. The summed E-state index contributed by atoms with van der Waals surface area (Å²) in [5.74, 6) is -0.929. The number of amides is 1. The average Bonchev–Trinajstić information content (AvgIpc) is 3.11. The molecule has 1 aliphatic heterocycles. The third kappa shape index (κ3) is 6.67. The first-order chi connectivity index (χ1) is 19.7. The number of halogens is 2. The van der Waals surface area contributed by atoms with Crippen molar-refractivity contribution in [2.45, 2.75) is 25.3 Å². The van der Waals surface area contributed by atoms with Crippen molar-refractivity contribution in [3.05, 3.63) is 111 Å². The Balaban J connectivity index is 1.39. The van der Waals surface area contributed by atoms with Crippen molar-refractivity contribution in [3.8, 4) is 0 Å². The van der Waals surface area contributed by atoms with Crippen LogP contribution in [0.4, 0.5) is 5.69 Å². The molecule has 1 heterocycles. The molecule has 0 aromatic heterocycles. The maximum atomic E-state index is 11.7. The van der Waals surface area contributed by atoms with E-state index in [1.807, 2.05) is 24.3 Å². The highest BCUT2D eigenvalue weighted by Crippen LogP contribution is 2.42. The van der Waals surface area contributed by atoms with Crippen molar-refractivity contribution >= 4 is 51.9 Å². The van der Waals surface area contributed by atoms with Crippen molar-refractivity contribution in [1.29, 1.82) is 0 Å². The zero-order valence-electron chi connectivity index (χ0n) is 23.2. The van der Waals surface area contributed by atoms with Crippen LogP contribution in [0.2, 0.25) is 10.0 Å². The van der Waals surface area contributed by atoms with Crippen LogP contribution in [0.25, 0.3) is 11.1 Å². The number of carboxylic acid groups (broad SMARTS) is 1. The molecular formula is C33H33Cl2N3O3. The van der Waals surface area contributed by atoms with Crippen molar-refractivity contribution < 1.29 is 14.7 Å². The molecule has 2 aliphatic rings. The lowest BCUT2D eigenvalue weighted by atomic mass is 9.87. The Morgan fingerprint density at radius 1 is 1.00 bits per heavy atom. The minimum Gasteiger partial charge on any atom is -0.478 e. The maximum absolute atomic E-state index is 11.7. The second-order valence-electron chi connectivity index (χ2n) is 10.8. The van der Waals surface area contributed by atoms with Gasteiger partial charge in [0.05, 0.1) is 11.6 Å². The minimum atomic E-state index is -0.924. The number of nitrogens with one attached hydrogen (secondary N) is 1. The highest BCUT2D eigenvalue weighted by molar-refractivity contribution is 6.36. The Labute approximate surface area is 250 Å². The summed E-state index contributed by atoms with van der Waals surface area (Å²) in [5, 5.41) is 14.4. The smallest absolute Gasteiger partial charge is 0.335 e. The van der Waals surface area contributed by atoms with E-state index in [1.54, 1.807) is 43.3 Å². The summed E-state index contributed by atoms with van der Waals surface area (Å²) in [4.78, 5) is 27.2. The number of hydrogen-bond donors (Lipinski definition) is 2. The van der Waals surface area contributed by atoms with Crippen LogP contribution in [0.1, 0.15) is 45.5 Å². The number of anilines is 1. The van der Waals surface area contributed by atoms with Crippen molar-refractivity contribution in [2.75, 3.05) is 39.0 Å². The first-order valence-electron chi connectivity index (χ1n) is 13.7. The van der Waals surface area contributed by atoms with Crippen LogP contribution in [-0.4, -0.2) is 66.6 Å². The van der Waals surface area contributed by atoms with Gasteiger partial charge in [0, 0.05) is 55.5 Å². The van der Waals surface area contributed by atoms with E-state index in [4.69, 9.17) is 23.2 Å². The number of hydrogen-bond acceptors (Lipinski definition) is 4. The molecule has 212 valence electrons. The van der Waals surface area contributed by atoms with Gasteiger partial charge in [-0.3, -0.25) is 9.69 Å². The van der Waals surface area contributed by atoms with Gasteiger partial charge < -0.3 is 15.3 Å². The number of carboxylic acids is 1. The van der Waals surface area contributed by atoms with Crippen molar-refractivity contribution in [3.63, 3.8) is 0 Å². The molecule has 0 bridgehead atoms. The van der Waals surface area contributed by atoms with E-state index in [9.17, 15) is 14.7 Å². The fourth-order valence-electron chi connectivity index (χ4n) is 5.48. The van der Waals surface area contributed by atoms with Gasteiger partial charge in [0.25, 0.3) is 0 Å². The third-order valence-electron chi connectivity index (χ3n) is 7.62. The van der Waals surface area contributed by atoms with Gasteiger partial charge in [-0.2, -0.15) is 0 Å². The Morgan fingerprint density at radius 3 is 2.41 bits per heavy atom. The summed E-state index contributed by atoms with van der Waals surface area (Å²) in [5.41, 5.74) is 7.59. The highest BCUT2D eigenvalue weighted by Gasteiger charge is 2.26. The first-order valence-corrected chi connectivity index (χ1v) is 14.5. The number of carbonyl (C=O) groups excluding carboxylic acids is 1. The lowest BCUT2D eigenvalue weighted by Gasteiger charge is -2.39. The zero-order valence-corrected chi connectivity index (χ0v) is 24.7. The van der Waals surface area contributed by atoms with E-state index in [0.717, 1.165) is 78.0 Å². The molecule has 5 rings (SSSR count). The van der Waals surface area contributed by atoms with Gasteiger partial charge in [-0.25, -0.2) is 4.79 Å². The fraction of sp³-hybridized carbons (Fsp3) is 0.273. The zero-order chi connectivity index (χ0) is 29.1. The number of likely N-dealkylation sites (tertiary alicyclic amines) is 1. The second-order valence-corrected chi connectivity index (χ2v) is 11.6. The van der Waals surface area contributed by atoms with Gasteiger partial charge in [-0.15, -0.1) is 0 Å². The molecule has 3 aromatic rings. The minimum absolute atomic E-state index is 0.00416. The normalized spacial score (nSPS) is 15.8. The topological polar surface area (TPSA) is 72.9 Å². The molecule has 8 heteroatoms. The van der Waals surface area contributed by atoms with Crippen LogP contribution in [0.15, 0.2) is 72.8 Å². The van der Waals surface area contributed by atoms with Gasteiger partial charge in [0.1, 0.15) is 0 Å². The molecular weight excluding hydrogens is 557 g/mol. The van der Waals surface area contributed by atoms with Crippen LogP contribution in [0, 0.1) is 0 Å². The van der Waals surface area contributed by atoms with Gasteiger partial charge in [-0.05, 0) is 89.1 Å². The lowest BCUT2D eigenvalue weighted by Crippen LogP contribution is -2.54. The number of benzene rings is 3. The molecule has 0 atom stereocenters. The summed E-state index contributed by atoms with van der Waals surface area (Å²) in [6, 6.07) is 19.8. The summed E-state index contributed by atoms with van der Waals surface area (Å²) >= 11 is 12.9. The Morgan fingerprint density at radius 2 is 1.73 bits per heavy atom. The fourth-order valence-corrected chi connectivity index (χ4v) is 6.01.